The highest BCUT2D eigenvalue weighted by molar-refractivity contribution is 5.91. The topological polar surface area (TPSA) is 72.4 Å². The van der Waals surface area contributed by atoms with Crippen LogP contribution >= 0.6 is 0 Å². The van der Waals surface area contributed by atoms with Crippen LogP contribution in [-0.4, -0.2) is 41.9 Å². The molecule has 4 aromatic rings. The van der Waals surface area contributed by atoms with Gasteiger partial charge in [0.2, 0.25) is 0 Å². The molecular formula is C29H27N3O3. The molecule has 1 aliphatic heterocycles. The Balaban J connectivity index is 1.46. The van der Waals surface area contributed by atoms with Gasteiger partial charge < -0.3 is 9.64 Å². The zero-order chi connectivity index (χ0) is 24.2. The lowest BCUT2D eigenvalue weighted by molar-refractivity contribution is -0.148. The summed E-state index contributed by atoms with van der Waals surface area (Å²) in [5, 5.41) is 1.00. The third-order valence-corrected chi connectivity index (χ3v) is 6.54. The summed E-state index contributed by atoms with van der Waals surface area (Å²) in [5.41, 5.74) is 4.33. The van der Waals surface area contributed by atoms with Crippen molar-refractivity contribution in [2.75, 3.05) is 24.6 Å². The second kappa shape index (κ2) is 10.1. The molecule has 1 aromatic heterocycles. The predicted molar refractivity (Wildman–Crippen MR) is 137 cm³/mol. The van der Waals surface area contributed by atoms with E-state index in [0.29, 0.717) is 18.0 Å². The van der Waals surface area contributed by atoms with Crippen molar-refractivity contribution < 1.29 is 14.3 Å². The third kappa shape index (κ3) is 4.64. The highest BCUT2D eigenvalue weighted by atomic mass is 16.5. The van der Waals surface area contributed by atoms with Crippen molar-refractivity contribution in [1.29, 1.82) is 0 Å². The third-order valence-electron chi connectivity index (χ3n) is 6.54. The molecule has 2 heterocycles. The highest BCUT2D eigenvalue weighted by Gasteiger charge is 2.27. The first kappa shape index (κ1) is 22.7. The molecule has 1 fully saturated rings. The summed E-state index contributed by atoms with van der Waals surface area (Å²) in [6.45, 7) is 3.74. The van der Waals surface area contributed by atoms with Gasteiger partial charge in [-0.3, -0.25) is 9.59 Å². The maximum absolute atomic E-state index is 12.2. The summed E-state index contributed by atoms with van der Waals surface area (Å²) in [6.07, 6.45) is 2.38. The van der Waals surface area contributed by atoms with E-state index in [2.05, 4.69) is 4.90 Å². The Hall–Kier alpha value is -4.06. The lowest BCUT2D eigenvalue weighted by Crippen LogP contribution is -2.37. The number of fused-ring (bicyclic) bond motifs is 1. The molecule has 0 spiro atoms. The second-order valence-electron chi connectivity index (χ2n) is 8.68. The summed E-state index contributed by atoms with van der Waals surface area (Å²) >= 11 is 0. The van der Waals surface area contributed by atoms with E-state index >= 15 is 0 Å². The van der Waals surface area contributed by atoms with Crippen LogP contribution in [0.5, 0.6) is 0 Å². The normalized spacial score (nSPS) is 14.1. The number of carbonyl (C=O) groups is 2. The van der Waals surface area contributed by atoms with E-state index < -0.39 is 0 Å². The summed E-state index contributed by atoms with van der Waals surface area (Å²) in [7, 11) is 0. The van der Waals surface area contributed by atoms with E-state index in [1.807, 2.05) is 79.7 Å². The maximum Gasteiger partial charge on any atom is 0.309 e. The van der Waals surface area contributed by atoms with E-state index in [-0.39, 0.29) is 11.9 Å². The number of carbonyl (C=O) groups excluding carboxylic acids is 2. The van der Waals surface area contributed by atoms with Crippen LogP contribution < -0.4 is 4.90 Å². The van der Waals surface area contributed by atoms with Gasteiger partial charge in [0.1, 0.15) is 5.82 Å². The van der Waals surface area contributed by atoms with Gasteiger partial charge in [0, 0.05) is 29.6 Å². The number of ether oxygens (including phenoxy) is 1. The number of benzene rings is 3. The van der Waals surface area contributed by atoms with Crippen molar-refractivity contribution in [3.8, 4) is 22.5 Å². The average Bonchev–Trinajstić information content (AvgIpc) is 2.92. The Labute approximate surface area is 204 Å². The summed E-state index contributed by atoms with van der Waals surface area (Å²) in [4.78, 5) is 35.7. The van der Waals surface area contributed by atoms with Crippen LogP contribution in [0, 0.1) is 5.92 Å². The van der Waals surface area contributed by atoms with Gasteiger partial charge in [0.05, 0.1) is 18.0 Å². The number of rotatable bonds is 6. The molecule has 176 valence electrons. The molecule has 0 atom stereocenters. The van der Waals surface area contributed by atoms with Gasteiger partial charge in [-0.25, -0.2) is 9.97 Å². The first-order valence-corrected chi connectivity index (χ1v) is 12.0. The summed E-state index contributed by atoms with van der Waals surface area (Å²) in [6, 6.07) is 23.6. The number of esters is 1. The number of piperidine rings is 1. The van der Waals surface area contributed by atoms with Crippen molar-refractivity contribution in [1.82, 2.24) is 9.97 Å². The van der Waals surface area contributed by atoms with E-state index in [1.165, 1.54) is 0 Å². The van der Waals surface area contributed by atoms with Gasteiger partial charge in [0.15, 0.2) is 12.1 Å². The van der Waals surface area contributed by atoms with Crippen LogP contribution in [0.4, 0.5) is 5.82 Å². The standard InChI is InChI=1S/C29H27N3O3/c1-2-35-29(34)22-15-17-32(18-16-22)28-25-9-5-6-10-26(25)30-27(31-28)21-13-11-20(12-14-21)24-8-4-3-7-23(24)19-33/h3-14,19,22H,2,15-18H2,1H3. The van der Waals surface area contributed by atoms with Crippen molar-refractivity contribution in [3.63, 3.8) is 0 Å². The second-order valence-corrected chi connectivity index (χ2v) is 8.68. The fraction of sp³-hybridized carbons (Fsp3) is 0.241. The number of aldehydes is 1. The quantitative estimate of drug-likeness (QED) is 0.274. The summed E-state index contributed by atoms with van der Waals surface area (Å²) < 4.78 is 5.22. The van der Waals surface area contributed by atoms with Crippen LogP contribution in [0.25, 0.3) is 33.4 Å². The number of hydrogen-bond acceptors (Lipinski definition) is 6. The van der Waals surface area contributed by atoms with E-state index in [4.69, 9.17) is 14.7 Å². The largest absolute Gasteiger partial charge is 0.466 e. The minimum atomic E-state index is -0.100. The molecule has 1 aliphatic rings. The fourth-order valence-electron chi connectivity index (χ4n) is 4.68. The molecule has 0 radical (unpaired) electrons. The number of anilines is 1. The van der Waals surface area contributed by atoms with E-state index in [9.17, 15) is 9.59 Å². The van der Waals surface area contributed by atoms with Crippen molar-refractivity contribution in [2.45, 2.75) is 19.8 Å². The maximum atomic E-state index is 12.2. The molecule has 3 aromatic carbocycles. The Kier molecular flexibility index (Phi) is 6.53. The van der Waals surface area contributed by atoms with Gasteiger partial charge in [-0.1, -0.05) is 60.7 Å². The molecular weight excluding hydrogens is 438 g/mol. The first-order chi connectivity index (χ1) is 17.2. The molecule has 6 heteroatoms. The van der Waals surface area contributed by atoms with Crippen LogP contribution in [0.15, 0.2) is 72.8 Å². The number of para-hydroxylation sites is 1. The molecule has 0 bridgehead atoms. The molecule has 0 amide bonds. The van der Waals surface area contributed by atoms with Crippen molar-refractivity contribution in [2.24, 2.45) is 5.92 Å². The Morgan fingerprint density at radius 3 is 2.37 bits per heavy atom. The number of hydrogen-bond donors (Lipinski definition) is 0. The highest BCUT2D eigenvalue weighted by Crippen LogP contribution is 2.32. The van der Waals surface area contributed by atoms with Gasteiger partial charge in [-0.2, -0.15) is 0 Å². The van der Waals surface area contributed by atoms with Crippen molar-refractivity contribution in [3.05, 3.63) is 78.4 Å². The summed E-state index contributed by atoms with van der Waals surface area (Å²) in [5.74, 6) is 1.39. The van der Waals surface area contributed by atoms with Crippen LogP contribution in [-0.2, 0) is 9.53 Å². The SMILES string of the molecule is CCOC(=O)C1CCN(c2nc(-c3ccc(-c4ccccc4C=O)cc3)nc3ccccc23)CC1. The van der Waals surface area contributed by atoms with Gasteiger partial charge in [0.25, 0.3) is 0 Å². The minimum Gasteiger partial charge on any atom is -0.466 e. The van der Waals surface area contributed by atoms with Crippen LogP contribution in [0.2, 0.25) is 0 Å². The molecule has 0 N–H and O–H groups in total. The number of aromatic nitrogens is 2. The Morgan fingerprint density at radius 1 is 0.943 bits per heavy atom. The number of nitrogens with zero attached hydrogens (tertiary/aromatic N) is 3. The average molecular weight is 466 g/mol. The van der Waals surface area contributed by atoms with Gasteiger partial charge >= 0.3 is 5.97 Å². The van der Waals surface area contributed by atoms with Gasteiger partial charge in [-0.15, -0.1) is 0 Å². The van der Waals surface area contributed by atoms with Gasteiger partial charge in [-0.05, 0) is 43.0 Å². The minimum absolute atomic E-state index is 0.0550. The molecule has 1 saturated heterocycles. The first-order valence-electron chi connectivity index (χ1n) is 12.0. The van der Waals surface area contributed by atoms with Crippen molar-refractivity contribution >= 4 is 29.0 Å². The molecule has 0 aliphatic carbocycles. The lowest BCUT2D eigenvalue weighted by atomic mass is 9.96. The Bertz CT molecular complexity index is 1360. The zero-order valence-electron chi connectivity index (χ0n) is 19.7. The molecule has 0 unspecified atom stereocenters. The molecule has 6 nitrogen and oxygen atoms in total. The van der Waals surface area contributed by atoms with E-state index in [0.717, 1.165) is 65.6 Å². The van der Waals surface area contributed by atoms with Crippen LogP contribution in [0.1, 0.15) is 30.1 Å². The molecule has 0 saturated carbocycles. The fourth-order valence-corrected chi connectivity index (χ4v) is 4.68. The van der Waals surface area contributed by atoms with Crippen LogP contribution in [0.3, 0.4) is 0 Å². The lowest BCUT2D eigenvalue weighted by Gasteiger charge is -2.32. The predicted octanol–water partition coefficient (Wildman–Crippen LogP) is 5.56. The molecule has 35 heavy (non-hydrogen) atoms. The smallest absolute Gasteiger partial charge is 0.309 e. The van der Waals surface area contributed by atoms with E-state index in [1.54, 1.807) is 0 Å². The molecule has 5 rings (SSSR count). The zero-order valence-corrected chi connectivity index (χ0v) is 19.7. The Morgan fingerprint density at radius 2 is 1.63 bits per heavy atom. The monoisotopic (exact) mass is 465 g/mol.